The average Bonchev–Trinajstić information content (AvgIpc) is 2.72. The van der Waals surface area contributed by atoms with Crippen LogP contribution in [-0.2, 0) is 4.74 Å². The summed E-state index contributed by atoms with van der Waals surface area (Å²) in [6, 6.07) is 3.79. The van der Waals surface area contributed by atoms with Crippen molar-refractivity contribution in [2.75, 3.05) is 20.2 Å². The van der Waals surface area contributed by atoms with Crippen molar-refractivity contribution in [1.29, 1.82) is 0 Å². The van der Waals surface area contributed by atoms with Crippen LogP contribution in [0.4, 0.5) is 0 Å². The summed E-state index contributed by atoms with van der Waals surface area (Å²) < 4.78 is 10.2. The van der Waals surface area contributed by atoms with E-state index >= 15 is 0 Å². The average molecular weight is 251 g/mol. The lowest BCUT2D eigenvalue weighted by atomic mass is 10.2. The van der Waals surface area contributed by atoms with Gasteiger partial charge >= 0.3 is 5.97 Å². The number of ether oxygens (including phenoxy) is 1. The molecule has 1 atom stereocenters. The molecule has 0 amide bonds. The molecule has 1 aliphatic rings. The standard InChI is InChI=1S/C14H21NO3/c1-11(15-9-5-3-4-6-10-15)12-7-8-13(18-12)14(16)17-2/h7-8,11H,3-6,9-10H2,1-2H3. The van der Waals surface area contributed by atoms with E-state index in [9.17, 15) is 4.79 Å². The lowest BCUT2D eigenvalue weighted by Gasteiger charge is -2.25. The van der Waals surface area contributed by atoms with Gasteiger partial charge in [0, 0.05) is 0 Å². The molecular weight excluding hydrogens is 230 g/mol. The van der Waals surface area contributed by atoms with Gasteiger partial charge in [0.15, 0.2) is 0 Å². The third-order valence-corrected chi connectivity index (χ3v) is 3.61. The Morgan fingerprint density at radius 1 is 1.28 bits per heavy atom. The second-order valence-electron chi connectivity index (χ2n) is 4.82. The van der Waals surface area contributed by atoms with Gasteiger partial charge < -0.3 is 9.15 Å². The summed E-state index contributed by atoms with van der Waals surface area (Å²) in [6.45, 7) is 4.34. The van der Waals surface area contributed by atoms with Gasteiger partial charge in [-0.05, 0) is 45.0 Å². The van der Waals surface area contributed by atoms with Crippen molar-refractivity contribution in [2.45, 2.75) is 38.6 Å². The van der Waals surface area contributed by atoms with E-state index < -0.39 is 5.97 Å². The number of methoxy groups -OCH3 is 1. The zero-order valence-corrected chi connectivity index (χ0v) is 11.1. The fourth-order valence-electron chi connectivity index (χ4n) is 2.45. The predicted octanol–water partition coefficient (Wildman–Crippen LogP) is 3.00. The Labute approximate surface area is 108 Å². The number of hydrogen-bond donors (Lipinski definition) is 0. The third kappa shape index (κ3) is 2.93. The summed E-state index contributed by atoms with van der Waals surface area (Å²) in [5.41, 5.74) is 0. The Kier molecular flexibility index (Phi) is 4.42. The van der Waals surface area contributed by atoms with Crippen molar-refractivity contribution in [3.05, 3.63) is 23.7 Å². The van der Waals surface area contributed by atoms with Crippen LogP contribution in [0.1, 0.15) is 55.0 Å². The van der Waals surface area contributed by atoms with E-state index in [1.165, 1.54) is 32.8 Å². The minimum absolute atomic E-state index is 0.224. The second kappa shape index (κ2) is 6.05. The Balaban J connectivity index is 2.05. The molecule has 0 spiro atoms. The molecule has 0 N–H and O–H groups in total. The summed E-state index contributed by atoms with van der Waals surface area (Å²) in [5, 5.41) is 0. The number of furan rings is 1. The van der Waals surface area contributed by atoms with Gasteiger partial charge in [-0.15, -0.1) is 0 Å². The van der Waals surface area contributed by atoms with E-state index in [2.05, 4.69) is 16.6 Å². The molecule has 2 heterocycles. The zero-order chi connectivity index (χ0) is 13.0. The van der Waals surface area contributed by atoms with E-state index in [4.69, 9.17) is 4.42 Å². The van der Waals surface area contributed by atoms with Crippen LogP contribution in [0.25, 0.3) is 0 Å². The molecule has 100 valence electrons. The SMILES string of the molecule is COC(=O)c1ccc(C(C)N2CCCCCC2)o1. The highest BCUT2D eigenvalue weighted by molar-refractivity contribution is 5.86. The fraction of sp³-hybridized carbons (Fsp3) is 0.643. The molecule has 4 nitrogen and oxygen atoms in total. The Morgan fingerprint density at radius 3 is 2.56 bits per heavy atom. The van der Waals surface area contributed by atoms with Gasteiger partial charge in [-0.2, -0.15) is 0 Å². The summed E-state index contributed by atoms with van der Waals surface area (Å²) in [6.07, 6.45) is 5.12. The molecular formula is C14H21NO3. The molecule has 0 aliphatic carbocycles. The van der Waals surface area contributed by atoms with Gasteiger partial charge in [0.25, 0.3) is 0 Å². The van der Waals surface area contributed by atoms with Gasteiger partial charge in [0.1, 0.15) is 5.76 Å². The van der Waals surface area contributed by atoms with Crippen LogP contribution in [-0.4, -0.2) is 31.1 Å². The molecule has 4 heteroatoms. The van der Waals surface area contributed by atoms with Gasteiger partial charge in [-0.25, -0.2) is 4.79 Å². The number of likely N-dealkylation sites (tertiary alicyclic amines) is 1. The number of rotatable bonds is 3. The van der Waals surface area contributed by atoms with Crippen LogP contribution >= 0.6 is 0 Å². The normalized spacial score (nSPS) is 19.2. The quantitative estimate of drug-likeness (QED) is 0.774. The van der Waals surface area contributed by atoms with Crippen molar-refractivity contribution < 1.29 is 13.9 Å². The molecule has 0 bridgehead atoms. The van der Waals surface area contributed by atoms with Gasteiger partial charge in [-0.3, -0.25) is 4.90 Å². The summed E-state index contributed by atoms with van der Waals surface area (Å²) in [7, 11) is 1.36. The van der Waals surface area contributed by atoms with Crippen LogP contribution < -0.4 is 0 Å². The summed E-state index contributed by atoms with van der Waals surface area (Å²) in [5.74, 6) is 0.718. The van der Waals surface area contributed by atoms with Crippen molar-refractivity contribution in [1.82, 2.24) is 4.90 Å². The Hall–Kier alpha value is -1.29. The van der Waals surface area contributed by atoms with E-state index in [-0.39, 0.29) is 11.8 Å². The van der Waals surface area contributed by atoms with Crippen molar-refractivity contribution >= 4 is 5.97 Å². The Bertz CT molecular complexity index is 391. The van der Waals surface area contributed by atoms with Crippen molar-refractivity contribution in [2.24, 2.45) is 0 Å². The maximum atomic E-state index is 11.4. The monoisotopic (exact) mass is 251 g/mol. The first kappa shape index (κ1) is 13.1. The van der Waals surface area contributed by atoms with E-state index in [1.807, 2.05) is 6.07 Å². The third-order valence-electron chi connectivity index (χ3n) is 3.61. The predicted molar refractivity (Wildman–Crippen MR) is 68.5 cm³/mol. The molecule has 0 saturated carbocycles. The Morgan fingerprint density at radius 2 is 1.94 bits per heavy atom. The zero-order valence-electron chi connectivity index (χ0n) is 11.1. The van der Waals surface area contributed by atoms with E-state index in [0.29, 0.717) is 0 Å². The smallest absolute Gasteiger partial charge is 0.373 e. The molecule has 1 saturated heterocycles. The van der Waals surface area contributed by atoms with Crippen LogP contribution in [0, 0.1) is 0 Å². The number of nitrogens with zero attached hydrogens (tertiary/aromatic N) is 1. The van der Waals surface area contributed by atoms with Crippen molar-refractivity contribution in [3.63, 3.8) is 0 Å². The molecule has 18 heavy (non-hydrogen) atoms. The topological polar surface area (TPSA) is 42.7 Å². The fourth-order valence-corrected chi connectivity index (χ4v) is 2.45. The second-order valence-corrected chi connectivity index (χ2v) is 4.82. The maximum Gasteiger partial charge on any atom is 0.373 e. The highest BCUT2D eigenvalue weighted by Gasteiger charge is 2.21. The van der Waals surface area contributed by atoms with Gasteiger partial charge in [-0.1, -0.05) is 12.8 Å². The minimum atomic E-state index is -0.413. The number of esters is 1. The highest BCUT2D eigenvalue weighted by atomic mass is 16.5. The molecule has 0 aromatic carbocycles. The van der Waals surface area contributed by atoms with Crippen LogP contribution in [0.5, 0.6) is 0 Å². The number of carbonyl (C=O) groups excluding carboxylic acids is 1. The highest BCUT2D eigenvalue weighted by Crippen LogP contribution is 2.25. The van der Waals surface area contributed by atoms with Crippen LogP contribution in [0.15, 0.2) is 16.5 Å². The maximum absolute atomic E-state index is 11.4. The summed E-state index contributed by atoms with van der Waals surface area (Å²) in [4.78, 5) is 13.8. The molecule has 2 rings (SSSR count). The molecule has 0 radical (unpaired) electrons. The molecule has 1 aliphatic heterocycles. The lowest BCUT2D eigenvalue weighted by Crippen LogP contribution is -2.27. The molecule has 1 fully saturated rings. The molecule has 1 aromatic heterocycles. The lowest BCUT2D eigenvalue weighted by molar-refractivity contribution is 0.0559. The van der Waals surface area contributed by atoms with Gasteiger partial charge in [0.05, 0.1) is 13.2 Å². The molecule has 1 aromatic rings. The first-order valence-corrected chi connectivity index (χ1v) is 6.64. The number of hydrogen-bond acceptors (Lipinski definition) is 4. The van der Waals surface area contributed by atoms with Crippen molar-refractivity contribution in [3.8, 4) is 0 Å². The van der Waals surface area contributed by atoms with E-state index in [1.54, 1.807) is 6.07 Å². The molecule has 1 unspecified atom stereocenters. The number of carbonyl (C=O) groups is 1. The van der Waals surface area contributed by atoms with Crippen LogP contribution in [0.2, 0.25) is 0 Å². The largest absolute Gasteiger partial charge is 0.463 e. The van der Waals surface area contributed by atoms with Gasteiger partial charge in [0.2, 0.25) is 5.76 Å². The minimum Gasteiger partial charge on any atom is -0.463 e. The summed E-state index contributed by atoms with van der Waals surface area (Å²) >= 11 is 0. The first-order chi connectivity index (χ1) is 8.72. The van der Waals surface area contributed by atoms with Crippen LogP contribution in [0.3, 0.4) is 0 Å². The van der Waals surface area contributed by atoms with E-state index in [0.717, 1.165) is 18.8 Å². The first-order valence-electron chi connectivity index (χ1n) is 6.64.